The topological polar surface area (TPSA) is 16.4 Å². The van der Waals surface area contributed by atoms with E-state index >= 15 is 0 Å². The molecule has 240 valence electrons. The number of para-hydroxylation sites is 1. The van der Waals surface area contributed by atoms with Crippen LogP contribution >= 0.6 is 11.3 Å². The molecule has 0 saturated heterocycles. The summed E-state index contributed by atoms with van der Waals surface area (Å²) in [6.07, 6.45) is 0. The summed E-state index contributed by atoms with van der Waals surface area (Å²) in [5.74, 6) is 0. The number of thiophene rings is 1. The van der Waals surface area contributed by atoms with E-state index in [1.165, 1.54) is 53.6 Å². The maximum absolute atomic E-state index is 6.38. The number of fused-ring (bicyclic) bond motifs is 6. The minimum atomic E-state index is 0.882. The smallest absolute Gasteiger partial charge is 0.137 e. The fourth-order valence-electron chi connectivity index (χ4n) is 7.44. The lowest BCUT2D eigenvalue weighted by atomic mass is 9.93. The number of hydrogen-bond donors (Lipinski definition) is 0. The molecular weight excluding hydrogens is 639 g/mol. The van der Waals surface area contributed by atoms with Gasteiger partial charge in [-0.05, 0) is 75.8 Å². The van der Waals surface area contributed by atoms with Crippen LogP contribution in [0.5, 0.6) is 0 Å². The zero-order chi connectivity index (χ0) is 33.7. The van der Waals surface area contributed by atoms with Crippen molar-refractivity contribution in [2.75, 3.05) is 4.90 Å². The molecule has 10 rings (SSSR count). The van der Waals surface area contributed by atoms with Crippen LogP contribution in [-0.2, 0) is 0 Å². The molecule has 0 spiro atoms. The van der Waals surface area contributed by atoms with E-state index in [4.69, 9.17) is 4.42 Å². The number of anilines is 3. The van der Waals surface area contributed by atoms with Crippen molar-refractivity contribution in [2.45, 2.75) is 0 Å². The van der Waals surface area contributed by atoms with E-state index in [0.717, 1.165) is 39.0 Å². The van der Waals surface area contributed by atoms with Gasteiger partial charge in [0, 0.05) is 43.7 Å². The number of furan rings is 1. The second-order valence-electron chi connectivity index (χ2n) is 12.9. The Kier molecular flexibility index (Phi) is 7.04. The van der Waals surface area contributed by atoms with Crippen molar-refractivity contribution >= 4 is 70.5 Å². The molecule has 2 heterocycles. The predicted molar refractivity (Wildman–Crippen MR) is 218 cm³/mol. The molecule has 0 aliphatic heterocycles. The van der Waals surface area contributed by atoms with Crippen LogP contribution in [-0.4, -0.2) is 0 Å². The fourth-order valence-corrected chi connectivity index (χ4v) is 8.65. The van der Waals surface area contributed by atoms with E-state index in [-0.39, 0.29) is 0 Å². The number of hydrogen-bond acceptors (Lipinski definition) is 3. The van der Waals surface area contributed by atoms with Crippen LogP contribution in [0.2, 0.25) is 0 Å². The van der Waals surface area contributed by atoms with Crippen LogP contribution in [0.15, 0.2) is 192 Å². The highest BCUT2D eigenvalue weighted by atomic mass is 32.1. The summed E-state index contributed by atoms with van der Waals surface area (Å²) >= 11 is 1.85. The van der Waals surface area contributed by atoms with Crippen LogP contribution in [0.3, 0.4) is 0 Å². The highest BCUT2D eigenvalue weighted by molar-refractivity contribution is 7.26. The normalized spacial score (nSPS) is 11.5. The van der Waals surface area contributed by atoms with E-state index in [9.17, 15) is 0 Å². The Morgan fingerprint density at radius 1 is 0.373 bits per heavy atom. The summed E-state index contributed by atoms with van der Waals surface area (Å²) in [5, 5.41) is 4.82. The maximum atomic E-state index is 6.38. The monoisotopic (exact) mass is 669 g/mol. The SMILES string of the molecule is c1ccc(-c2ccccc2-c2ccc(-c3ccc(N(c4ccc5c(c4)oc4ccccc45)c4cccc5c4sc4ccccc45)cc3)cc2)cc1. The van der Waals surface area contributed by atoms with E-state index in [0.29, 0.717) is 0 Å². The molecule has 2 nitrogen and oxygen atoms in total. The molecule has 0 N–H and O–H groups in total. The third-order valence-corrected chi connectivity index (χ3v) is 11.1. The Bertz CT molecular complexity index is 2850. The van der Waals surface area contributed by atoms with Crippen molar-refractivity contribution in [1.82, 2.24) is 0 Å². The van der Waals surface area contributed by atoms with E-state index in [1.807, 2.05) is 23.5 Å². The first kappa shape index (κ1) is 29.5. The Labute approximate surface area is 300 Å². The lowest BCUT2D eigenvalue weighted by molar-refractivity contribution is 0.669. The molecule has 0 fully saturated rings. The van der Waals surface area contributed by atoms with Gasteiger partial charge < -0.3 is 9.32 Å². The first-order valence-electron chi connectivity index (χ1n) is 17.3. The summed E-state index contributed by atoms with van der Waals surface area (Å²) in [5.41, 5.74) is 12.4. The largest absolute Gasteiger partial charge is 0.456 e. The van der Waals surface area contributed by atoms with Crippen molar-refractivity contribution in [3.05, 3.63) is 188 Å². The van der Waals surface area contributed by atoms with Gasteiger partial charge in [-0.15, -0.1) is 11.3 Å². The van der Waals surface area contributed by atoms with Gasteiger partial charge in [0.05, 0.1) is 10.4 Å². The summed E-state index contributed by atoms with van der Waals surface area (Å²) in [4.78, 5) is 2.37. The van der Waals surface area contributed by atoms with Crippen LogP contribution in [0.25, 0.3) is 75.5 Å². The van der Waals surface area contributed by atoms with E-state index < -0.39 is 0 Å². The van der Waals surface area contributed by atoms with Crippen molar-refractivity contribution in [3.63, 3.8) is 0 Å². The molecule has 2 aromatic heterocycles. The minimum absolute atomic E-state index is 0.882. The quantitative estimate of drug-likeness (QED) is 0.175. The summed E-state index contributed by atoms with van der Waals surface area (Å²) in [7, 11) is 0. The number of rotatable bonds is 6. The molecule has 0 aliphatic carbocycles. The van der Waals surface area contributed by atoms with Gasteiger partial charge in [0.1, 0.15) is 11.2 Å². The fraction of sp³-hybridized carbons (Fsp3) is 0. The molecule has 0 bridgehead atoms. The first-order valence-corrected chi connectivity index (χ1v) is 18.1. The van der Waals surface area contributed by atoms with E-state index in [2.05, 4.69) is 181 Å². The molecule has 0 amide bonds. The molecule has 0 radical (unpaired) electrons. The van der Waals surface area contributed by atoms with Crippen molar-refractivity contribution < 1.29 is 4.42 Å². The average molecular weight is 670 g/mol. The zero-order valence-corrected chi connectivity index (χ0v) is 28.5. The molecule has 0 unspecified atom stereocenters. The summed E-state index contributed by atoms with van der Waals surface area (Å²) in [6.45, 7) is 0. The third-order valence-electron chi connectivity index (χ3n) is 9.91. The first-order chi connectivity index (χ1) is 25.3. The zero-order valence-electron chi connectivity index (χ0n) is 27.7. The minimum Gasteiger partial charge on any atom is -0.456 e. The van der Waals surface area contributed by atoms with Crippen LogP contribution in [0.4, 0.5) is 17.1 Å². The third kappa shape index (κ3) is 5.10. The van der Waals surface area contributed by atoms with Crippen molar-refractivity contribution in [2.24, 2.45) is 0 Å². The lowest BCUT2D eigenvalue weighted by Crippen LogP contribution is -2.10. The number of nitrogens with zero attached hydrogens (tertiary/aromatic N) is 1. The summed E-state index contributed by atoms with van der Waals surface area (Å²) in [6, 6.07) is 67.3. The molecule has 51 heavy (non-hydrogen) atoms. The van der Waals surface area contributed by atoms with Gasteiger partial charge in [-0.25, -0.2) is 0 Å². The second-order valence-corrected chi connectivity index (χ2v) is 14.0. The molecular formula is C48H31NOS. The molecule has 0 aliphatic rings. The van der Waals surface area contributed by atoms with Gasteiger partial charge in [-0.1, -0.05) is 140 Å². The number of benzene rings is 8. The Hall–Kier alpha value is -6.42. The lowest BCUT2D eigenvalue weighted by Gasteiger charge is -2.26. The molecule has 10 aromatic rings. The van der Waals surface area contributed by atoms with Crippen LogP contribution in [0, 0.1) is 0 Å². The standard InChI is InChI=1S/C48H31NOS/c1-2-11-34(12-3-1)38-13-4-5-14-39(38)35-23-21-32(22-24-35)33-25-27-36(28-26-33)49(37-29-30-41-40-15-6-8-19-45(40)50-46(41)31-37)44-18-10-17-43-42-16-7-9-20-47(42)51-48(43)44/h1-31H. The molecule has 0 saturated carbocycles. The van der Waals surface area contributed by atoms with Crippen molar-refractivity contribution in [1.29, 1.82) is 0 Å². The molecule has 0 atom stereocenters. The predicted octanol–water partition coefficient (Wildman–Crippen LogP) is 14.4. The Balaban J connectivity index is 1.06. The van der Waals surface area contributed by atoms with Gasteiger partial charge in [0.25, 0.3) is 0 Å². The summed E-state index contributed by atoms with van der Waals surface area (Å²) < 4.78 is 8.93. The van der Waals surface area contributed by atoms with Gasteiger partial charge in [0.15, 0.2) is 0 Å². The molecule has 8 aromatic carbocycles. The van der Waals surface area contributed by atoms with Gasteiger partial charge in [-0.3, -0.25) is 0 Å². The van der Waals surface area contributed by atoms with E-state index in [1.54, 1.807) is 0 Å². The Morgan fingerprint density at radius 2 is 0.941 bits per heavy atom. The van der Waals surface area contributed by atoms with Crippen LogP contribution in [0.1, 0.15) is 0 Å². The van der Waals surface area contributed by atoms with Crippen molar-refractivity contribution in [3.8, 4) is 33.4 Å². The highest BCUT2D eigenvalue weighted by Gasteiger charge is 2.20. The van der Waals surface area contributed by atoms with Gasteiger partial charge in [-0.2, -0.15) is 0 Å². The maximum Gasteiger partial charge on any atom is 0.137 e. The molecule has 3 heteroatoms. The van der Waals surface area contributed by atoms with Gasteiger partial charge in [0.2, 0.25) is 0 Å². The second kappa shape index (κ2) is 12.2. The highest BCUT2D eigenvalue weighted by Crippen LogP contribution is 2.46. The average Bonchev–Trinajstić information content (AvgIpc) is 3.77. The van der Waals surface area contributed by atoms with Gasteiger partial charge >= 0.3 is 0 Å². The Morgan fingerprint density at radius 3 is 1.73 bits per heavy atom. The van der Waals surface area contributed by atoms with Crippen LogP contribution < -0.4 is 4.90 Å².